The van der Waals surface area contributed by atoms with Gasteiger partial charge in [-0.15, -0.1) is 0 Å². The molecule has 0 rings (SSSR count). The minimum absolute atomic E-state index is 0.147. The summed E-state index contributed by atoms with van der Waals surface area (Å²) in [5.74, 6) is 2.29. The SMILES string of the molecule is CCSCCPO. The highest BCUT2D eigenvalue weighted by atomic mass is 32.2. The van der Waals surface area contributed by atoms with Crippen molar-refractivity contribution >= 4 is 20.6 Å². The summed E-state index contributed by atoms with van der Waals surface area (Å²) in [5, 5.41) is 0. The quantitative estimate of drug-likeness (QED) is 0.467. The molecule has 0 aliphatic heterocycles. The largest absolute Gasteiger partial charge is 0.377 e. The van der Waals surface area contributed by atoms with E-state index in [0.29, 0.717) is 0 Å². The summed E-state index contributed by atoms with van der Waals surface area (Å²) in [6.07, 6.45) is 0.971. The third-order valence-corrected chi connectivity index (χ3v) is 2.30. The maximum absolute atomic E-state index is 8.31. The third kappa shape index (κ3) is 6.74. The summed E-state index contributed by atoms with van der Waals surface area (Å²) in [5.41, 5.74) is 0. The second kappa shape index (κ2) is 6.74. The van der Waals surface area contributed by atoms with Crippen LogP contribution in [0.1, 0.15) is 6.92 Å². The highest BCUT2D eigenvalue weighted by Gasteiger charge is 1.80. The molecule has 0 bridgehead atoms. The number of hydrogen-bond donors (Lipinski definition) is 1. The van der Waals surface area contributed by atoms with Crippen LogP contribution in [-0.2, 0) is 0 Å². The van der Waals surface area contributed by atoms with Gasteiger partial charge in [-0.3, -0.25) is 0 Å². The van der Waals surface area contributed by atoms with Gasteiger partial charge in [0, 0.05) is 8.81 Å². The van der Waals surface area contributed by atoms with Gasteiger partial charge in [-0.25, -0.2) is 0 Å². The molecule has 0 aliphatic carbocycles. The van der Waals surface area contributed by atoms with Crippen LogP contribution in [-0.4, -0.2) is 22.6 Å². The van der Waals surface area contributed by atoms with E-state index in [-0.39, 0.29) is 8.81 Å². The second-order valence-corrected chi connectivity index (χ2v) is 3.32. The van der Waals surface area contributed by atoms with E-state index >= 15 is 0 Å². The molecule has 44 valence electrons. The van der Waals surface area contributed by atoms with Gasteiger partial charge in [0.1, 0.15) is 0 Å². The molecule has 0 amide bonds. The van der Waals surface area contributed by atoms with Crippen LogP contribution in [0.4, 0.5) is 0 Å². The van der Waals surface area contributed by atoms with E-state index < -0.39 is 0 Å². The Labute approximate surface area is 50.8 Å². The Morgan fingerprint density at radius 3 is 2.86 bits per heavy atom. The summed E-state index contributed by atoms with van der Waals surface area (Å²) < 4.78 is 0. The molecule has 0 aromatic carbocycles. The van der Waals surface area contributed by atoms with Crippen molar-refractivity contribution in [2.75, 3.05) is 17.7 Å². The Kier molecular flexibility index (Phi) is 7.45. The highest BCUT2D eigenvalue weighted by Crippen LogP contribution is 2.06. The van der Waals surface area contributed by atoms with Crippen molar-refractivity contribution in [3.8, 4) is 0 Å². The van der Waals surface area contributed by atoms with Gasteiger partial charge >= 0.3 is 0 Å². The maximum Gasteiger partial charge on any atom is 0.0115 e. The average Bonchev–Trinajstić information content (AvgIpc) is 1.69. The van der Waals surface area contributed by atoms with E-state index in [4.69, 9.17) is 4.89 Å². The van der Waals surface area contributed by atoms with Crippen molar-refractivity contribution in [3.05, 3.63) is 0 Å². The fourth-order valence-corrected chi connectivity index (χ4v) is 1.49. The molecule has 1 nitrogen and oxygen atoms in total. The van der Waals surface area contributed by atoms with Crippen LogP contribution in [0.3, 0.4) is 0 Å². The lowest BCUT2D eigenvalue weighted by molar-refractivity contribution is 0.647. The molecule has 7 heavy (non-hydrogen) atoms. The van der Waals surface area contributed by atoms with Crippen molar-refractivity contribution in [1.82, 2.24) is 0 Å². The molecule has 0 aromatic heterocycles. The standard InChI is InChI=1S/C4H11OPS/c1-2-7-4-3-6-5/h5-6H,2-4H2,1H3. The van der Waals surface area contributed by atoms with Crippen LogP contribution < -0.4 is 0 Å². The van der Waals surface area contributed by atoms with Crippen molar-refractivity contribution < 1.29 is 4.89 Å². The van der Waals surface area contributed by atoms with E-state index in [0.717, 1.165) is 11.9 Å². The molecule has 1 unspecified atom stereocenters. The molecule has 3 heteroatoms. The van der Waals surface area contributed by atoms with Crippen molar-refractivity contribution in [3.63, 3.8) is 0 Å². The molecule has 0 aliphatic rings. The molecule has 0 radical (unpaired) electrons. The zero-order chi connectivity index (χ0) is 5.54. The van der Waals surface area contributed by atoms with Gasteiger partial charge in [0.25, 0.3) is 0 Å². The first-order chi connectivity index (χ1) is 3.41. The molecule has 1 atom stereocenters. The Hall–Kier alpha value is 0.740. The van der Waals surface area contributed by atoms with Gasteiger partial charge in [-0.05, 0) is 17.7 Å². The second-order valence-electron chi connectivity index (χ2n) is 1.11. The molecule has 0 saturated carbocycles. The molecular formula is C4H11OPS. The number of thioether (sulfide) groups is 1. The fourth-order valence-electron chi connectivity index (χ4n) is 0.262. The van der Waals surface area contributed by atoms with Crippen LogP contribution in [0.5, 0.6) is 0 Å². The predicted octanol–water partition coefficient (Wildman–Crippen LogP) is 1.33. The fraction of sp³-hybridized carbons (Fsp3) is 1.00. The zero-order valence-electron chi connectivity index (χ0n) is 4.48. The molecule has 0 spiro atoms. The van der Waals surface area contributed by atoms with E-state index in [1.54, 1.807) is 0 Å². The van der Waals surface area contributed by atoms with Gasteiger partial charge in [0.2, 0.25) is 0 Å². The van der Waals surface area contributed by atoms with Gasteiger partial charge in [0.15, 0.2) is 0 Å². The molecular weight excluding hydrogens is 127 g/mol. The lowest BCUT2D eigenvalue weighted by atomic mass is 10.9. The first-order valence-electron chi connectivity index (χ1n) is 2.36. The Morgan fingerprint density at radius 1 is 1.71 bits per heavy atom. The monoisotopic (exact) mass is 138 g/mol. The first-order valence-corrected chi connectivity index (χ1v) is 4.67. The zero-order valence-corrected chi connectivity index (χ0v) is 6.29. The van der Waals surface area contributed by atoms with E-state index in [9.17, 15) is 0 Å². The van der Waals surface area contributed by atoms with E-state index in [1.807, 2.05) is 11.8 Å². The van der Waals surface area contributed by atoms with Crippen LogP contribution >= 0.6 is 20.6 Å². The lowest BCUT2D eigenvalue weighted by Gasteiger charge is -1.90. The van der Waals surface area contributed by atoms with Gasteiger partial charge in [-0.1, -0.05) is 6.92 Å². The molecule has 0 fully saturated rings. The van der Waals surface area contributed by atoms with Crippen LogP contribution in [0.15, 0.2) is 0 Å². The Balaban J connectivity index is 2.45. The van der Waals surface area contributed by atoms with E-state index in [2.05, 4.69) is 6.92 Å². The molecule has 0 aromatic rings. The topological polar surface area (TPSA) is 20.2 Å². The van der Waals surface area contributed by atoms with Crippen molar-refractivity contribution in [2.45, 2.75) is 6.92 Å². The van der Waals surface area contributed by atoms with E-state index in [1.165, 1.54) is 5.75 Å². The van der Waals surface area contributed by atoms with Crippen molar-refractivity contribution in [2.24, 2.45) is 0 Å². The van der Waals surface area contributed by atoms with Gasteiger partial charge in [-0.2, -0.15) is 11.8 Å². The highest BCUT2D eigenvalue weighted by molar-refractivity contribution is 7.99. The predicted molar refractivity (Wildman–Crippen MR) is 38.4 cm³/mol. The lowest BCUT2D eigenvalue weighted by Crippen LogP contribution is -1.79. The Morgan fingerprint density at radius 2 is 2.43 bits per heavy atom. The third-order valence-electron chi connectivity index (χ3n) is 0.562. The summed E-state index contributed by atoms with van der Waals surface area (Å²) in [4.78, 5) is 8.31. The van der Waals surface area contributed by atoms with Crippen LogP contribution in [0.25, 0.3) is 0 Å². The molecule has 1 N–H and O–H groups in total. The summed E-state index contributed by atoms with van der Waals surface area (Å²) in [6.45, 7) is 2.13. The average molecular weight is 138 g/mol. The maximum atomic E-state index is 8.31. The molecule has 0 heterocycles. The smallest absolute Gasteiger partial charge is 0.0115 e. The molecule has 0 saturated heterocycles. The number of hydrogen-bond acceptors (Lipinski definition) is 2. The van der Waals surface area contributed by atoms with Crippen LogP contribution in [0.2, 0.25) is 0 Å². The number of rotatable bonds is 4. The van der Waals surface area contributed by atoms with Crippen molar-refractivity contribution in [1.29, 1.82) is 0 Å². The summed E-state index contributed by atoms with van der Waals surface area (Å²) in [7, 11) is 0.147. The van der Waals surface area contributed by atoms with Crippen LogP contribution in [0, 0.1) is 0 Å². The summed E-state index contributed by atoms with van der Waals surface area (Å²) in [6, 6.07) is 0. The van der Waals surface area contributed by atoms with Gasteiger partial charge < -0.3 is 4.89 Å². The minimum Gasteiger partial charge on any atom is -0.377 e. The minimum atomic E-state index is 0.147. The normalized spacial score (nSPS) is 11.1. The Bertz CT molecular complexity index is 30.9. The van der Waals surface area contributed by atoms with Gasteiger partial charge in [0.05, 0.1) is 0 Å². The summed E-state index contributed by atoms with van der Waals surface area (Å²) >= 11 is 1.88. The first kappa shape index (κ1) is 7.74.